The van der Waals surface area contributed by atoms with Crippen molar-refractivity contribution >= 4 is 5.91 Å². The molecular weight excluding hydrogens is 236 g/mol. The summed E-state index contributed by atoms with van der Waals surface area (Å²) in [5, 5.41) is 3.31. The minimum atomic E-state index is 0.135. The van der Waals surface area contributed by atoms with Crippen LogP contribution in [0, 0.1) is 23.7 Å². The van der Waals surface area contributed by atoms with Crippen LogP contribution in [0.4, 0.5) is 0 Å². The second kappa shape index (κ2) is 6.25. The van der Waals surface area contributed by atoms with Crippen LogP contribution in [0.25, 0.3) is 0 Å². The van der Waals surface area contributed by atoms with Gasteiger partial charge in [-0.15, -0.1) is 0 Å². The van der Waals surface area contributed by atoms with Crippen molar-refractivity contribution in [1.82, 2.24) is 5.32 Å². The number of hydrogen-bond donors (Lipinski definition) is 2. The molecule has 3 N–H and O–H groups in total. The number of nitrogens with one attached hydrogen (secondary N) is 1. The zero-order valence-corrected chi connectivity index (χ0v) is 12.7. The van der Waals surface area contributed by atoms with Gasteiger partial charge in [-0.25, -0.2) is 0 Å². The van der Waals surface area contributed by atoms with Crippen LogP contribution < -0.4 is 11.1 Å². The molecule has 5 atom stereocenters. The number of nitrogens with two attached hydrogens (primary N) is 1. The maximum atomic E-state index is 12.5. The van der Waals surface area contributed by atoms with Crippen molar-refractivity contribution in [3.05, 3.63) is 0 Å². The van der Waals surface area contributed by atoms with E-state index in [2.05, 4.69) is 26.1 Å². The smallest absolute Gasteiger partial charge is 0.223 e. The van der Waals surface area contributed by atoms with Gasteiger partial charge in [0.2, 0.25) is 5.91 Å². The maximum absolute atomic E-state index is 12.5. The van der Waals surface area contributed by atoms with Crippen molar-refractivity contribution in [2.24, 2.45) is 29.4 Å². The monoisotopic (exact) mass is 266 g/mol. The summed E-state index contributed by atoms with van der Waals surface area (Å²) < 4.78 is 0. The standard InChI is InChI=1S/C16H30N2O/c1-10-7-11(2)9-13(8-10)18-16(19)14-5-4-6-15(17)12(14)3/h10-15H,4-9,17H2,1-3H3,(H,18,19). The first kappa shape index (κ1) is 14.8. The molecule has 0 saturated heterocycles. The first-order chi connectivity index (χ1) is 8.97. The number of carbonyl (C=O) groups is 1. The minimum Gasteiger partial charge on any atom is -0.353 e. The number of hydrogen-bond acceptors (Lipinski definition) is 2. The van der Waals surface area contributed by atoms with E-state index in [4.69, 9.17) is 5.73 Å². The Morgan fingerprint density at radius 3 is 2.32 bits per heavy atom. The van der Waals surface area contributed by atoms with Gasteiger partial charge in [0.05, 0.1) is 0 Å². The van der Waals surface area contributed by atoms with Gasteiger partial charge in [-0.2, -0.15) is 0 Å². The largest absolute Gasteiger partial charge is 0.353 e. The van der Waals surface area contributed by atoms with Crippen LogP contribution in [0.2, 0.25) is 0 Å². The van der Waals surface area contributed by atoms with Crippen molar-refractivity contribution < 1.29 is 4.79 Å². The highest BCUT2D eigenvalue weighted by Crippen LogP contribution is 2.31. The molecule has 19 heavy (non-hydrogen) atoms. The Bertz CT molecular complexity index is 308. The van der Waals surface area contributed by atoms with Crippen LogP contribution in [0.3, 0.4) is 0 Å². The van der Waals surface area contributed by atoms with Crippen LogP contribution >= 0.6 is 0 Å². The van der Waals surface area contributed by atoms with Gasteiger partial charge in [0.1, 0.15) is 0 Å². The lowest BCUT2D eigenvalue weighted by Crippen LogP contribution is -2.48. The van der Waals surface area contributed by atoms with E-state index in [-0.39, 0.29) is 17.9 Å². The number of amides is 1. The fourth-order valence-corrected chi connectivity index (χ4v) is 4.14. The van der Waals surface area contributed by atoms with Crippen molar-refractivity contribution in [2.45, 2.75) is 71.4 Å². The van der Waals surface area contributed by atoms with Crippen molar-refractivity contribution in [2.75, 3.05) is 0 Å². The molecule has 2 aliphatic carbocycles. The van der Waals surface area contributed by atoms with Gasteiger partial charge in [-0.1, -0.05) is 27.2 Å². The molecule has 110 valence electrons. The fourth-order valence-electron chi connectivity index (χ4n) is 4.14. The third kappa shape index (κ3) is 3.71. The third-order valence-corrected chi connectivity index (χ3v) is 5.22. The lowest BCUT2D eigenvalue weighted by molar-refractivity contribution is -0.129. The van der Waals surface area contributed by atoms with Gasteiger partial charge in [0.15, 0.2) is 0 Å². The first-order valence-corrected chi connectivity index (χ1v) is 8.03. The van der Waals surface area contributed by atoms with Crippen LogP contribution in [0.15, 0.2) is 0 Å². The highest BCUT2D eigenvalue weighted by Gasteiger charge is 2.34. The second-order valence-electron chi connectivity index (χ2n) is 7.18. The molecule has 2 saturated carbocycles. The Kier molecular flexibility index (Phi) is 4.88. The summed E-state index contributed by atoms with van der Waals surface area (Å²) in [5.74, 6) is 2.19. The average Bonchev–Trinajstić information content (AvgIpc) is 2.31. The molecule has 1 amide bonds. The van der Waals surface area contributed by atoms with Gasteiger partial charge in [0, 0.05) is 18.0 Å². The predicted molar refractivity (Wildman–Crippen MR) is 78.6 cm³/mol. The Morgan fingerprint density at radius 1 is 1.05 bits per heavy atom. The average molecular weight is 266 g/mol. The molecule has 0 radical (unpaired) electrons. The van der Waals surface area contributed by atoms with Crippen LogP contribution in [0.5, 0.6) is 0 Å². The molecular formula is C16H30N2O. The molecule has 0 aromatic rings. The van der Waals surface area contributed by atoms with E-state index in [0.717, 1.165) is 43.9 Å². The fraction of sp³-hybridized carbons (Fsp3) is 0.938. The van der Waals surface area contributed by atoms with Crippen molar-refractivity contribution in [3.8, 4) is 0 Å². The number of carbonyl (C=O) groups excluding carboxylic acids is 1. The van der Waals surface area contributed by atoms with Gasteiger partial charge in [-0.3, -0.25) is 4.79 Å². The van der Waals surface area contributed by atoms with E-state index >= 15 is 0 Å². The highest BCUT2D eigenvalue weighted by atomic mass is 16.2. The summed E-state index contributed by atoms with van der Waals surface area (Å²) in [7, 11) is 0. The molecule has 0 spiro atoms. The van der Waals surface area contributed by atoms with Gasteiger partial charge in [0.25, 0.3) is 0 Å². The van der Waals surface area contributed by atoms with E-state index in [9.17, 15) is 4.79 Å². The third-order valence-electron chi connectivity index (χ3n) is 5.22. The Hall–Kier alpha value is -0.570. The topological polar surface area (TPSA) is 55.1 Å². The summed E-state index contributed by atoms with van der Waals surface area (Å²) in [6, 6.07) is 0.588. The van der Waals surface area contributed by atoms with E-state index in [1.165, 1.54) is 6.42 Å². The summed E-state index contributed by atoms with van der Waals surface area (Å²) in [6.07, 6.45) is 6.77. The van der Waals surface area contributed by atoms with E-state index in [1.54, 1.807) is 0 Å². The predicted octanol–water partition coefficient (Wildman–Crippen LogP) is 2.69. The molecule has 2 fully saturated rings. The maximum Gasteiger partial charge on any atom is 0.223 e. The Balaban J connectivity index is 1.89. The number of rotatable bonds is 2. The summed E-state index contributed by atoms with van der Waals surface area (Å²) >= 11 is 0. The first-order valence-electron chi connectivity index (χ1n) is 8.03. The molecule has 0 bridgehead atoms. The molecule has 3 nitrogen and oxygen atoms in total. The van der Waals surface area contributed by atoms with E-state index < -0.39 is 0 Å². The van der Waals surface area contributed by atoms with E-state index in [1.807, 2.05) is 0 Å². The summed E-state index contributed by atoms with van der Waals surface area (Å²) in [6.45, 7) is 6.74. The van der Waals surface area contributed by atoms with Gasteiger partial charge in [-0.05, 0) is 49.9 Å². The minimum absolute atomic E-state index is 0.135. The summed E-state index contributed by atoms with van der Waals surface area (Å²) in [5.41, 5.74) is 6.10. The molecule has 0 aromatic heterocycles. The van der Waals surface area contributed by atoms with Crippen molar-refractivity contribution in [3.63, 3.8) is 0 Å². The molecule has 2 aliphatic rings. The van der Waals surface area contributed by atoms with Crippen molar-refractivity contribution in [1.29, 1.82) is 0 Å². The van der Waals surface area contributed by atoms with Crippen LogP contribution in [-0.2, 0) is 4.79 Å². The Labute approximate surface area is 117 Å². The molecule has 0 aromatic carbocycles. The van der Waals surface area contributed by atoms with Gasteiger partial charge < -0.3 is 11.1 Å². The zero-order valence-electron chi connectivity index (χ0n) is 12.7. The van der Waals surface area contributed by atoms with Crippen LogP contribution in [-0.4, -0.2) is 18.0 Å². The second-order valence-corrected chi connectivity index (χ2v) is 7.18. The van der Waals surface area contributed by atoms with Crippen LogP contribution in [0.1, 0.15) is 59.3 Å². The lowest BCUT2D eigenvalue weighted by Gasteiger charge is -2.36. The molecule has 2 rings (SSSR count). The highest BCUT2D eigenvalue weighted by molar-refractivity contribution is 5.79. The quantitative estimate of drug-likeness (QED) is 0.807. The summed E-state index contributed by atoms with van der Waals surface area (Å²) in [4.78, 5) is 12.5. The normalized spacial score (nSPS) is 43.8. The SMILES string of the molecule is CC1CC(C)CC(NC(=O)C2CCCC(N)C2C)C1. The molecule has 5 unspecified atom stereocenters. The van der Waals surface area contributed by atoms with Gasteiger partial charge >= 0.3 is 0 Å². The lowest BCUT2D eigenvalue weighted by atomic mass is 9.76. The molecule has 0 aliphatic heterocycles. The molecule has 0 heterocycles. The molecule has 3 heteroatoms. The van der Waals surface area contributed by atoms with E-state index in [0.29, 0.717) is 12.0 Å². The Morgan fingerprint density at radius 2 is 1.68 bits per heavy atom. The zero-order chi connectivity index (χ0) is 14.0.